The van der Waals surface area contributed by atoms with Gasteiger partial charge >= 0.3 is 0 Å². The molecule has 0 aliphatic heterocycles. The van der Waals surface area contributed by atoms with Crippen molar-refractivity contribution >= 4 is 43.7 Å². The van der Waals surface area contributed by atoms with E-state index in [2.05, 4.69) is 175 Å². The standard InChI is InChI=1S/C53H36N6/c1-53(2)44-21-11-9-18-38(44)42-30-34(23-27-45(42)53)50-55-49(33-14-5-3-6-15-33)56-51(57-50)35-24-28-47-43(31-35)40-26-25-37(32-48(40)58(47)36-16-7-4-8-17-36)59-46-22-12-10-19-39(46)41-20-13-29-54-52(41)59/h3-32H,1-2H3. The van der Waals surface area contributed by atoms with Crippen LogP contribution in [0.4, 0.5) is 0 Å². The second-order valence-electron chi connectivity index (χ2n) is 15.9. The number of aromatic nitrogens is 6. The monoisotopic (exact) mass is 756 g/mol. The lowest BCUT2D eigenvalue weighted by atomic mass is 9.82. The molecule has 1 aliphatic carbocycles. The van der Waals surface area contributed by atoms with Gasteiger partial charge < -0.3 is 4.57 Å². The fourth-order valence-electron chi connectivity index (χ4n) is 9.41. The molecular weight excluding hydrogens is 721 g/mol. The van der Waals surface area contributed by atoms with E-state index in [0.29, 0.717) is 17.5 Å². The van der Waals surface area contributed by atoms with Crippen LogP contribution in [0.15, 0.2) is 182 Å². The summed E-state index contributed by atoms with van der Waals surface area (Å²) in [7, 11) is 0. The Bertz CT molecular complexity index is 3420. The Labute approximate surface area is 340 Å². The van der Waals surface area contributed by atoms with Crippen LogP contribution in [0, 0.1) is 0 Å². The number of nitrogens with zero attached hydrogens (tertiary/aromatic N) is 6. The van der Waals surface area contributed by atoms with Crippen LogP contribution in [-0.4, -0.2) is 29.1 Å². The molecule has 0 fully saturated rings. The highest BCUT2D eigenvalue weighted by atomic mass is 15.1. The first-order valence-corrected chi connectivity index (χ1v) is 20.1. The van der Waals surface area contributed by atoms with E-state index in [1.54, 1.807) is 0 Å². The lowest BCUT2D eigenvalue weighted by Gasteiger charge is -2.21. The maximum Gasteiger partial charge on any atom is 0.164 e. The molecule has 6 heteroatoms. The lowest BCUT2D eigenvalue weighted by Crippen LogP contribution is -2.14. The van der Waals surface area contributed by atoms with Crippen molar-refractivity contribution in [1.82, 2.24) is 29.1 Å². The molecule has 0 bridgehead atoms. The highest BCUT2D eigenvalue weighted by molar-refractivity contribution is 6.12. The number of pyridine rings is 1. The molecule has 12 rings (SSSR count). The van der Waals surface area contributed by atoms with Crippen LogP contribution in [0.25, 0.3) is 100 Å². The smallest absolute Gasteiger partial charge is 0.164 e. The molecule has 6 nitrogen and oxygen atoms in total. The van der Waals surface area contributed by atoms with Crippen molar-refractivity contribution in [2.24, 2.45) is 0 Å². The van der Waals surface area contributed by atoms with Gasteiger partial charge in [-0.05, 0) is 89.0 Å². The summed E-state index contributed by atoms with van der Waals surface area (Å²) in [5, 5.41) is 4.58. The average molecular weight is 757 g/mol. The van der Waals surface area contributed by atoms with Gasteiger partial charge in [0.1, 0.15) is 5.65 Å². The second-order valence-corrected chi connectivity index (χ2v) is 15.9. The Hall–Kier alpha value is -7.70. The third-order valence-corrected chi connectivity index (χ3v) is 12.2. The highest BCUT2D eigenvalue weighted by Crippen LogP contribution is 2.49. The molecule has 0 atom stereocenters. The number of hydrogen-bond donors (Lipinski definition) is 0. The number of para-hydroxylation sites is 2. The number of hydrogen-bond acceptors (Lipinski definition) is 4. The molecule has 278 valence electrons. The SMILES string of the molecule is CC1(C)c2ccccc2-c2cc(-c3nc(-c4ccccc4)nc(-c4ccc5c(c4)c4ccc(-n6c7ccccc7c7cccnc76)cc4n5-c4ccccc4)n3)ccc21. The van der Waals surface area contributed by atoms with Crippen LogP contribution >= 0.6 is 0 Å². The minimum atomic E-state index is -0.0840. The zero-order valence-electron chi connectivity index (χ0n) is 32.5. The summed E-state index contributed by atoms with van der Waals surface area (Å²) >= 11 is 0. The molecule has 4 heterocycles. The number of benzene rings is 7. The third-order valence-electron chi connectivity index (χ3n) is 12.2. The van der Waals surface area contributed by atoms with E-state index in [-0.39, 0.29) is 5.41 Å². The number of rotatable bonds is 5. The van der Waals surface area contributed by atoms with E-state index in [4.69, 9.17) is 19.9 Å². The first-order chi connectivity index (χ1) is 29.0. The first-order valence-electron chi connectivity index (χ1n) is 20.1. The zero-order chi connectivity index (χ0) is 39.2. The van der Waals surface area contributed by atoms with Crippen molar-refractivity contribution in [2.45, 2.75) is 19.3 Å². The Morgan fingerprint density at radius 3 is 1.85 bits per heavy atom. The summed E-state index contributed by atoms with van der Waals surface area (Å²) in [6, 6.07) is 62.3. The van der Waals surface area contributed by atoms with Gasteiger partial charge in [-0.1, -0.05) is 123 Å². The van der Waals surface area contributed by atoms with Gasteiger partial charge in [0.2, 0.25) is 0 Å². The Kier molecular flexibility index (Phi) is 7.17. The maximum absolute atomic E-state index is 5.24. The van der Waals surface area contributed by atoms with Crippen LogP contribution in [0.5, 0.6) is 0 Å². The average Bonchev–Trinajstić information content (AvgIpc) is 3.89. The minimum Gasteiger partial charge on any atom is -0.309 e. The van der Waals surface area contributed by atoms with Crippen LogP contribution in [0.2, 0.25) is 0 Å². The van der Waals surface area contributed by atoms with E-state index in [1.165, 1.54) is 27.6 Å². The summed E-state index contributed by atoms with van der Waals surface area (Å²) in [6.45, 7) is 4.61. The van der Waals surface area contributed by atoms with Gasteiger partial charge in [0.15, 0.2) is 17.5 Å². The molecule has 0 radical (unpaired) electrons. The molecule has 1 aliphatic rings. The summed E-state index contributed by atoms with van der Waals surface area (Å²) in [6.07, 6.45) is 1.87. The van der Waals surface area contributed by atoms with Crippen LogP contribution in [-0.2, 0) is 5.41 Å². The van der Waals surface area contributed by atoms with Crippen molar-refractivity contribution in [3.8, 4) is 56.7 Å². The summed E-state index contributed by atoms with van der Waals surface area (Å²) in [5.41, 5.74) is 14.3. The Morgan fingerprint density at radius 1 is 0.390 bits per heavy atom. The summed E-state index contributed by atoms with van der Waals surface area (Å²) in [5.74, 6) is 1.92. The molecule has 0 spiro atoms. The predicted molar refractivity (Wildman–Crippen MR) is 240 cm³/mol. The minimum absolute atomic E-state index is 0.0840. The topological polar surface area (TPSA) is 61.4 Å². The zero-order valence-corrected chi connectivity index (χ0v) is 32.5. The normalized spacial score (nSPS) is 13.1. The van der Waals surface area contributed by atoms with Crippen molar-refractivity contribution in [3.63, 3.8) is 0 Å². The van der Waals surface area contributed by atoms with Crippen LogP contribution < -0.4 is 0 Å². The quantitative estimate of drug-likeness (QED) is 0.175. The van der Waals surface area contributed by atoms with Gasteiger partial charge in [-0.15, -0.1) is 0 Å². The van der Waals surface area contributed by atoms with Crippen LogP contribution in [0.3, 0.4) is 0 Å². The molecule has 4 aromatic heterocycles. The van der Waals surface area contributed by atoms with Gasteiger partial charge in [0.05, 0.1) is 16.6 Å². The van der Waals surface area contributed by atoms with Crippen LogP contribution in [0.1, 0.15) is 25.0 Å². The van der Waals surface area contributed by atoms with E-state index in [1.807, 2.05) is 30.5 Å². The van der Waals surface area contributed by atoms with Crippen molar-refractivity contribution < 1.29 is 0 Å². The lowest BCUT2D eigenvalue weighted by molar-refractivity contribution is 0.660. The van der Waals surface area contributed by atoms with Gasteiger partial charge in [-0.3, -0.25) is 4.57 Å². The maximum atomic E-state index is 5.24. The molecule has 59 heavy (non-hydrogen) atoms. The fourth-order valence-corrected chi connectivity index (χ4v) is 9.41. The van der Waals surface area contributed by atoms with Gasteiger partial charge in [0.25, 0.3) is 0 Å². The van der Waals surface area contributed by atoms with E-state index in [9.17, 15) is 0 Å². The fraction of sp³-hybridized carbons (Fsp3) is 0.0566. The second kappa shape index (κ2) is 12.7. The molecule has 11 aromatic rings. The highest BCUT2D eigenvalue weighted by Gasteiger charge is 2.35. The van der Waals surface area contributed by atoms with Gasteiger partial charge in [0, 0.05) is 61.2 Å². The molecule has 7 aromatic carbocycles. The summed E-state index contributed by atoms with van der Waals surface area (Å²) in [4.78, 5) is 20.4. The van der Waals surface area contributed by atoms with Crippen molar-refractivity contribution in [1.29, 1.82) is 0 Å². The predicted octanol–water partition coefficient (Wildman–Crippen LogP) is 12.8. The van der Waals surface area contributed by atoms with Gasteiger partial charge in [-0.25, -0.2) is 19.9 Å². The van der Waals surface area contributed by atoms with E-state index < -0.39 is 0 Å². The van der Waals surface area contributed by atoms with Gasteiger partial charge in [-0.2, -0.15) is 0 Å². The molecule has 0 amide bonds. The number of fused-ring (bicyclic) bond motifs is 9. The third kappa shape index (κ3) is 5.06. The molecule has 0 unspecified atom stereocenters. The van der Waals surface area contributed by atoms with E-state index >= 15 is 0 Å². The molecular formula is C53H36N6. The van der Waals surface area contributed by atoms with E-state index in [0.717, 1.165) is 66.4 Å². The largest absolute Gasteiger partial charge is 0.309 e. The molecule has 0 saturated heterocycles. The Balaban J connectivity index is 1.06. The van der Waals surface area contributed by atoms with Crippen molar-refractivity contribution in [2.75, 3.05) is 0 Å². The summed E-state index contributed by atoms with van der Waals surface area (Å²) < 4.78 is 4.63. The first kappa shape index (κ1) is 33.4. The molecule has 0 saturated carbocycles. The Morgan fingerprint density at radius 2 is 1.02 bits per heavy atom. The van der Waals surface area contributed by atoms with Crippen molar-refractivity contribution in [3.05, 3.63) is 193 Å². The molecule has 0 N–H and O–H groups in total.